The van der Waals surface area contributed by atoms with Crippen molar-refractivity contribution in [2.24, 2.45) is 5.92 Å². The molecule has 0 aliphatic carbocycles. The van der Waals surface area contributed by atoms with E-state index in [4.69, 9.17) is 0 Å². The average molecular weight is 356 g/mol. The first-order valence-corrected chi connectivity index (χ1v) is 6.41. The van der Waals surface area contributed by atoms with Gasteiger partial charge in [-0.25, -0.2) is 0 Å². The SMILES string of the molecule is CCC(C)C(=O)OCCC(=O)OCC(F)(F)C(F)(F)C(F)(F)F. The molecular weight excluding hydrogens is 341 g/mol. The molecule has 0 aliphatic heterocycles. The second kappa shape index (κ2) is 7.82. The van der Waals surface area contributed by atoms with E-state index in [0.717, 1.165) is 0 Å². The molecule has 0 rings (SSSR count). The van der Waals surface area contributed by atoms with Crippen molar-refractivity contribution >= 4 is 11.9 Å². The quantitative estimate of drug-likeness (QED) is 0.494. The molecule has 23 heavy (non-hydrogen) atoms. The topological polar surface area (TPSA) is 52.6 Å². The first-order valence-electron chi connectivity index (χ1n) is 6.41. The number of halogens is 7. The van der Waals surface area contributed by atoms with Crippen molar-refractivity contribution in [2.75, 3.05) is 13.2 Å². The fourth-order valence-electron chi connectivity index (χ4n) is 1.09. The average Bonchev–Trinajstić information content (AvgIpc) is 2.42. The predicted molar refractivity (Wildman–Crippen MR) is 61.9 cm³/mol. The van der Waals surface area contributed by atoms with Gasteiger partial charge in [-0.3, -0.25) is 9.59 Å². The van der Waals surface area contributed by atoms with Crippen molar-refractivity contribution in [2.45, 2.75) is 44.7 Å². The van der Waals surface area contributed by atoms with Crippen molar-refractivity contribution in [3.63, 3.8) is 0 Å². The summed E-state index contributed by atoms with van der Waals surface area (Å²) in [6.45, 7) is 0.199. The van der Waals surface area contributed by atoms with Crippen LogP contribution in [0, 0.1) is 5.92 Å². The zero-order valence-corrected chi connectivity index (χ0v) is 12.2. The van der Waals surface area contributed by atoms with Gasteiger partial charge < -0.3 is 9.47 Å². The number of carbonyl (C=O) groups excluding carboxylic acids is 2. The van der Waals surface area contributed by atoms with Gasteiger partial charge in [-0.2, -0.15) is 30.7 Å². The van der Waals surface area contributed by atoms with Crippen LogP contribution in [0.3, 0.4) is 0 Å². The van der Waals surface area contributed by atoms with Crippen LogP contribution < -0.4 is 0 Å². The van der Waals surface area contributed by atoms with Gasteiger partial charge in [0.05, 0.1) is 12.3 Å². The van der Waals surface area contributed by atoms with Crippen LogP contribution in [0.1, 0.15) is 26.7 Å². The summed E-state index contributed by atoms with van der Waals surface area (Å²) in [5.74, 6) is -14.6. The van der Waals surface area contributed by atoms with Crippen molar-refractivity contribution in [1.29, 1.82) is 0 Å². The molecule has 0 aliphatic rings. The van der Waals surface area contributed by atoms with Crippen LogP contribution in [-0.4, -0.2) is 43.2 Å². The Morgan fingerprint density at radius 3 is 1.96 bits per heavy atom. The Kier molecular flexibility index (Phi) is 7.29. The maximum atomic E-state index is 12.8. The monoisotopic (exact) mass is 356 g/mol. The standard InChI is InChI=1S/C12H15F7O4/c1-3-7(2)9(21)22-5-4-8(20)23-6-10(13,14)11(15,16)12(17,18)19/h7H,3-6H2,1-2H3. The highest BCUT2D eigenvalue weighted by molar-refractivity contribution is 5.73. The fourth-order valence-corrected chi connectivity index (χ4v) is 1.09. The number of esters is 2. The maximum absolute atomic E-state index is 12.8. The second-order valence-electron chi connectivity index (χ2n) is 4.66. The summed E-state index contributed by atoms with van der Waals surface area (Å²) >= 11 is 0. The highest BCUT2D eigenvalue weighted by Gasteiger charge is 2.73. The van der Waals surface area contributed by atoms with Gasteiger partial charge >= 0.3 is 30.0 Å². The Labute approximate surface area is 126 Å². The van der Waals surface area contributed by atoms with Crippen molar-refractivity contribution in [3.8, 4) is 0 Å². The summed E-state index contributed by atoms with van der Waals surface area (Å²) in [6.07, 6.45) is -6.80. The minimum atomic E-state index is -6.49. The van der Waals surface area contributed by atoms with Crippen molar-refractivity contribution < 1.29 is 49.8 Å². The van der Waals surface area contributed by atoms with Gasteiger partial charge in [0.25, 0.3) is 0 Å². The molecule has 0 N–H and O–H groups in total. The highest BCUT2D eigenvalue weighted by Crippen LogP contribution is 2.46. The predicted octanol–water partition coefficient (Wildman–Crippen LogP) is 3.34. The molecule has 0 heterocycles. The lowest BCUT2D eigenvalue weighted by Crippen LogP contribution is -2.54. The van der Waals surface area contributed by atoms with E-state index in [1.165, 1.54) is 6.92 Å². The molecule has 11 heteroatoms. The number of carbonyl (C=O) groups is 2. The van der Waals surface area contributed by atoms with Crippen LogP contribution >= 0.6 is 0 Å². The number of rotatable bonds is 8. The lowest BCUT2D eigenvalue weighted by atomic mass is 10.1. The third kappa shape index (κ3) is 5.87. The van der Waals surface area contributed by atoms with E-state index in [1.54, 1.807) is 6.92 Å². The molecule has 1 unspecified atom stereocenters. The van der Waals surface area contributed by atoms with Crippen LogP contribution in [0.15, 0.2) is 0 Å². The molecule has 0 saturated heterocycles. The van der Waals surface area contributed by atoms with Crippen LogP contribution in [0.4, 0.5) is 30.7 Å². The third-order valence-corrected chi connectivity index (χ3v) is 2.80. The Morgan fingerprint density at radius 1 is 1.00 bits per heavy atom. The molecule has 0 bridgehead atoms. The molecule has 1 atom stereocenters. The van der Waals surface area contributed by atoms with Crippen LogP contribution in [0.5, 0.6) is 0 Å². The molecule has 0 fully saturated rings. The lowest BCUT2D eigenvalue weighted by Gasteiger charge is -2.27. The minimum absolute atomic E-state index is 0.446. The van der Waals surface area contributed by atoms with Crippen molar-refractivity contribution in [1.82, 2.24) is 0 Å². The van der Waals surface area contributed by atoms with E-state index in [1.807, 2.05) is 0 Å². The molecule has 0 aromatic carbocycles. The molecule has 0 radical (unpaired) electrons. The maximum Gasteiger partial charge on any atom is 0.460 e. The van der Waals surface area contributed by atoms with Crippen molar-refractivity contribution in [3.05, 3.63) is 0 Å². The van der Waals surface area contributed by atoms with Gasteiger partial charge in [-0.1, -0.05) is 13.8 Å². The zero-order chi connectivity index (χ0) is 18.5. The Morgan fingerprint density at radius 2 is 1.52 bits per heavy atom. The summed E-state index contributed by atoms with van der Waals surface area (Å²) in [4.78, 5) is 22.2. The summed E-state index contributed by atoms with van der Waals surface area (Å²) in [5.41, 5.74) is 0. The molecule has 0 aromatic rings. The number of ether oxygens (including phenoxy) is 2. The Hall–Kier alpha value is -1.55. The van der Waals surface area contributed by atoms with E-state index in [2.05, 4.69) is 9.47 Å². The largest absolute Gasteiger partial charge is 0.465 e. The summed E-state index contributed by atoms with van der Waals surface area (Å²) in [5, 5.41) is 0. The molecule has 0 amide bonds. The van der Waals surface area contributed by atoms with Gasteiger partial charge in [0, 0.05) is 0 Å². The Balaban J connectivity index is 4.36. The summed E-state index contributed by atoms with van der Waals surface area (Å²) in [6, 6.07) is 0. The molecule has 136 valence electrons. The molecule has 0 saturated carbocycles. The Bertz CT molecular complexity index is 420. The fraction of sp³-hybridized carbons (Fsp3) is 0.833. The van der Waals surface area contributed by atoms with Gasteiger partial charge in [0.15, 0.2) is 6.61 Å². The van der Waals surface area contributed by atoms with Crippen LogP contribution in [0.25, 0.3) is 0 Å². The first-order chi connectivity index (χ1) is 10.3. The van der Waals surface area contributed by atoms with E-state index in [-0.39, 0.29) is 0 Å². The summed E-state index contributed by atoms with van der Waals surface area (Å²) < 4.78 is 94.4. The van der Waals surface area contributed by atoms with Crippen LogP contribution in [-0.2, 0) is 19.1 Å². The van der Waals surface area contributed by atoms with E-state index in [0.29, 0.717) is 6.42 Å². The van der Waals surface area contributed by atoms with E-state index < -0.39 is 55.5 Å². The molecule has 0 spiro atoms. The van der Waals surface area contributed by atoms with Crippen LogP contribution in [0.2, 0.25) is 0 Å². The normalized spacial score (nSPS) is 14.3. The minimum Gasteiger partial charge on any atom is -0.465 e. The number of hydrogen-bond donors (Lipinski definition) is 0. The van der Waals surface area contributed by atoms with E-state index >= 15 is 0 Å². The second-order valence-corrected chi connectivity index (χ2v) is 4.66. The molecule has 0 aromatic heterocycles. The van der Waals surface area contributed by atoms with Gasteiger partial charge in [0.1, 0.15) is 6.61 Å². The lowest BCUT2D eigenvalue weighted by molar-refractivity contribution is -0.359. The molecular formula is C12H15F7O4. The first kappa shape index (κ1) is 21.4. The zero-order valence-electron chi connectivity index (χ0n) is 12.2. The summed E-state index contributed by atoms with van der Waals surface area (Å²) in [7, 11) is 0. The third-order valence-electron chi connectivity index (χ3n) is 2.80. The van der Waals surface area contributed by atoms with Gasteiger partial charge in [-0.15, -0.1) is 0 Å². The smallest absolute Gasteiger partial charge is 0.460 e. The van der Waals surface area contributed by atoms with Gasteiger partial charge in [-0.05, 0) is 6.42 Å². The van der Waals surface area contributed by atoms with Gasteiger partial charge in [0.2, 0.25) is 0 Å². The number of hydrogen-bond acceptors (Lipinski definition) is 4. The molecule has 4 nitrogen and oxygen atoms in total. The number of alkyl halides is 7. The van der Waals surface area contributed by atoms with E-state index in [9.17, 15) is 40.3 Å². The highest BCUT2D eigenvalue weighted by atomic mass is 19.4.